The maximum Gasteiger partial charge on any atom is 0.433 e. The van der Waals surface area contributed by atoms with Crippen molar-refractivity contribution >= 4 is 17.5 Å². The molecule has 35 heavy (non-hydrogen) atoms. The second-order valence-corrected chi connectivity index (χ2v) is 8.61. The number of piperidine rings is 1. The number of rotatable bonds is 2. The van der Waals surface area contributed by atoms with E-state index in [1.807, 2.05) is 0 Å². The lowest BCUT2D eigenvalue weighted by Gasteiger charge is -2.45. The smallest absolute Gasteiger partial charge is 0.324 e. The summed E-state index contributed by atoms with van der Waals surface area (Å²) in [5, 5.41) is 7.40. The molecule has 14 heteroatoms. The van der Waals surface area contributed by atoms with Crippen molar-refractivity contribution in [1.29, 1.82) is 0 Å². The minimum atomic E-state index is -4.73. The van der Waals surface area contributed by atoms with E-state index in [4.69, 9.17) is 11.6 Å². The highest BCUT2D eigenvalue weighted by atomic mass is 35.5. The summed E-state index contributed by atoms with van der Waals surface area (Å²) >= 11 is 5.99. The van der Waals surface area contributed by atoms with Crippen LogP contribution in [-0.2, 0) is 18.9 Å². The third-order valence-corrected chi connectivity index (χ3v) is 6.54. The molecule has 2 atom stereocenters. The van der Waals surface area contributed by atoms with Gasteiger partial charge in [-0.2, -0.15) is 26.3 Å². The number of amides is 1. The van der Waals surface area contributed by atoms with Gasteiger partial charge in [-0.1, -0.05) is 17.7 Å². The molecule has 2 aliphatic rings. The Morgan fingerprint density at radius 2 is 1.80 bits per heavy atom. The molecule has 2 aliphatic heterocycles. The maximum absolute atomic E-state index is 13.4. The molecule has 0 aliphatic carbocycles. The van der Waals surface area contributed by atoms with E-state index in [2.05, 4.69) is 20.2 Å². The lowest BCUT2D eigenvalue weighted by molar-refractivity contribution is -0.141. The minimum absolute atomic E-state index is 0.0206. The molecule has 184 valence electrons. The van der Waals surface area contributed by atoms with Gasteiger partial charge in [0, 0.05) is 12.7 Å². The fourth-order valence-corrected chi connectivity index (χ4v) is 4.93. The van der Waals surface area contributed by atoms with Crippen LogP contribution in [0.4, 0.5) is 26.3 Å². The predicted octanol–water partition coefficient (Wildman–Crippen LogP) is 5.18. The van der Waals surface area contributed by atoms with Crippen molar-refractivity contribution in [3.63, 3.8) is 0 Å². The van der Waals surface area contributed by atoms with Gasteiger partial charge in [0.25, 0.3) is 5.91 Å². The van der Waals surface area contributed by atoms with Crippen LogP contribution in [0.2, 0.25) is 5.02 Å². The summed E-state index contributed by atoms with van der Waals surface area (Å²) in [6.07, 6.45) is -6.74. The normalized spacial score (nSPS) is 20.0. The Hall–Kier alpha value is -3.22. The van der Waals surface area contributed by atoms with Crippen molar-refractivity contribution in [2.24, 2.45) is 0 Å². The molecule has 1 aromatic carbocycles. The molecule has 4 heterocycles. The van der Waals surface area contributed by atoms with Crippen LogP contribution in [0.15, 0.2) is 30.5 Å². The summed E-state index contributed by atoms with van der Waals surface area (Å²) in [6.45, 7) is 0.121. The third-order valence-electron chi connectivity index (χ3n) is 6.13. The van der Waals surface area contributed by atoms with Gasteiger partial charge in [-0.05, 0) is 37.5 Å². The third kappa shape index (κ3) is 4.01. The first-order chi connectivity index (χ1) is 16.5. The van der Waals surface area contributed by atoms with E-state index in [-0.39, 0.29) is 23.8 Å². The van der Waals surface area contributed by atoms with Gasteiger partial charge >= 0.3 is 12.4 Å². The summed E-state index contributed by atoms with van der Waals surface area (Å²) < 4.78 is 80.9. The molecule has 1 amide bonds. The average Bonchev–Trinajstić information content (AvgIpc) is 3.20. The molecular formula is C21H15ClF6N6O. The number of carbonyl (C=O) groups is 1. The number of nitrogens with zero attached hydrogens (tertiary/aromatic N) is 6. The lowest BCUT2D eigenvalue weighted by atomic mass is 9.90. The Morgan fingerprint density at radius 1 is 1.03 bits per heavy atom. The molecule has 7 nitrogen and oxygen atoms in total. The van der Waals surface area contributed by atoms with E-state index in [9.17, 15) is 31.1 Å². The maximum atomic E-state index is 13.4. The van der Waals surface area contributed by atoms with E-state index in [1.165, 1.54) is 11.0 Å². The van der Waals surface area contributed by atoms with Gasteiger partial charge in [-0.25, -0.2) is 9.97 Å². The second kappa shape index (κ2) is 8.18. The quantitative estimate of drug-likeness (QED) is 0.439. The highest BCUT2D eigenvalue weighted by Crippen LogP contribution is 2.43. The van der Waals surface area contributed by atoms with Gasteiger partial charge in [0.15, 0.2) is 11.6 Å². The first-order valence-electron chi connectivity index (χ1n) is 10.5. The van der Waals surface area contributed by atoms with Gasteiger partial charge in [-0.15, -0.1) is 10.2 Å². The highest BCUT2D eigenvalue weighted by Gasteiger charge is 2.45. The fraction of sp³-hybridized carbons (Fsp3) is 0.381. The van der Waals surface area contributed by atoms with Gasteiger partial charge < -0.3 is 9.47 Å². The summed E-state index contributed by atoms with van der Waals surface area (Å²) in [5.74, 6) is -0.625. The summed E-state index contributed by atoms with van der Waals surface area (Å²) in [6, 6.07) is 2.79. The van der Waals surface area contributed by atoms with E-state index in [0.29, 0.717) is 18.7 Å². The van der Waals surface area contributed by atoms with E-state index >= 15 is 0 Å². The van der Waals surface area contributed by atoms with Crippen LogP contribution in [0.1, 0.15) is 52.7 Å². The molecule has 2 bridgehead atoms. The average molecular weight is 517 g/mol. The summed E-state index contributed by atoms with van der Waals surface area (Å²) in [4.78, 5) is 22.3. The molecule has 0 spiro atoms. The van der Waals surface area contributed by atoms with Crippen LogP contribution in [-0.4, -0.2) is 41.6 Å². The zero-order chi connectivity index (χ0) is 25.1. The molecule has 0 unspecified atom stereocenters. The lowest BCUT2D eigenvalue weighted by Crippen LogP contribution is -2.52. The second-order valence-electron chi connectivity index (χ2n) is 8.23. The predicted molar refractivity (Wildman–Crippen MR) is 109 cm³/mol. The number of halogens is 7. The number of hydrogen-bond acceptors (Lipinski definition) is 5. The Balaban J connectivity index is 1.53. The van der Waals surface area contributed by atoms with Crippen molar-refractivity contribution in [3.05, 3.63) is 58.1 Å². The molecule has 0 saturated carbocycles. The van der Waals surface area contributed by atoms with Crippen molar-refractivity contribution < 1.29 is 31.1 Å². The molecule has 0 radical (unpaired) electrons. The molecule has 3 aromatic rings. The topological polar surface area (TPSA) is 76.8 Å². The van der Waals surface area contributed by atoms with Crippen molar-refractivity contribution in [1.82, 2.24) is 29.6 Å². The molecule has 1 saturated heterocycles. The molecule has 2 aromatic heterocycles. The first-order valence-corrected chi connectivity index (χ1v) is 10.9. The van der Waals surface area contributed by atoms with Crippen LogP contribution in [0.5, 0.6) is 0 Å². The highest BCUT2D eigenvalue weighted by molar-refractivity contribution is 6.34. The number of alkyl halides is 6. The number of hydrogen-bond donors (Lipinski definition) is 0. The SMILES string of the molecule is O=C(c1cccc(C(F)(F)F)c1Cl)N1[C@@H]2CCC[C@H]1c1nnc(-c3nccc(C(F)(F)F)n3)n1C2. The standard InChI is InChI=1S/C21H15ClF6N6O/c22-15-11(4-2-5-12(15)20(23,24)25)19(35)34-10-3-1-6-13(34)17-31-32-18(33(17)9-10)16-29-8-7-14(30-16)21(26,27)28/h2,4-5,7-8,10,13H,1,3,6,9H2/t10-,13+/m1/s1. The first kappa shape index (κ1) is 23.5. The van der Waals surface area contributed by atoms with Gasteiger partial charge in [0.1, 0.15) is 5.69 Å². The number of fused-ring (bicyclic) bond motifs is 4. The summed E-state index contributed by atoms with van der Waals surface area (Å²) in [5.41, 5.74) is -2.53. The van der Waals surface area contributed by atoms with E-state index in [0.717, 1.165) is 30.8 Å². The molecule has 1 fully saturated rings. The van der Waals surface area contributed by atoms with Crippen molar-refractivity contribution in [2.75, 3.05) is 0 Å². The zero-order valence-corrected chi connectivity index (χ0v) is 18.4. The number of aromatic nitrogens is 5. The largest absolute Gasteiger partial charge is 0.433 e. The van der Waals surface area contributed by atoms with Crippen molar-refractivity contribution in [2.45, 2.75) is 50.2 Å². The Kier molecular flexibility index (Phi) is 5.49. The Morgan fingerprint density at radius 3 is 2.51 bits per heavy atom. The van der Waals surface area contributed by atoms with Crippen LogP contribution < -0.4 is 0 Å². The van der Waals surface area contributed by atoms with Crippen molar-refractivity contribution in [3.8, 4) is 11.6 Å². The molecule has 5 rings (SSSR count). The van der Waals surface area contributed by atoms with Gasteiger partial charge in [-0.3, -0.25) is 4.79 Å². The van der Waals surface area contributed by atoms with E-state index < -0.39 is 46.6 Å². The molecule has 0 N–H and O–H groups in total. The van der Waals surface area contributed by atoms with Gasteiger partial charge in [0.05, 0.1) is 28.2 Å². The zero-order valence-electron chi connectivity index (χ0n) is 17.6. The Labute approximate surface area is 198 Å². The van der Waals surface area contributed by atoms with Crippen LogP contribution in [0, 0.1) is 0 Å². The van der Waals surface area contributed by atoms with Crippen LogP contribution in [0.25, 0.3) is 11.6 Å². The Bertz CT molecular complexity index is 1310. The number of benzene rings is 1. The van der Waals surface area contributed by atoms with Gasteiger partial charge in [0.2, 0.25) is 5.82 Å². The monoisotopic (exact) mass is 516 g/mol. The minimum Gasteiger partial charge on any atom is -0.324 e. The molecular weight excluding hydrogens is 502 g/mol. The van der Waals surface area contributed by atoms with Crippen LogP contribution in [0.3, 0.4) is 0 Å². The fourth-order valence-electron chi connectivity index (χ4n) is 4.62. The summed E-state index contributed by atoms with van der Waals surface area (Å²) in [7, 11) is 0. The number of carbonyl (C=O) groups excluding carboxylic acids is 1. The van der Waals surface area contributed by atoms with Crippen LogP contribution >= 0.6 is 11.6 Å². The van der Waals surface area contributed by atoms with E-state index in [1.54, 1.807) is 4.57 Å².